The Balaban J connectivity index is 1.62. The SMILES string of the molecule is Cc1cc(NC(=O)c2ccc(N3CCN(C)CC3)c([N+](=O)[O-])c2)n(-c2ncc(Cl)cc2Cl)n1. The van der Waals surface area contributed by atoms with Crippen LogP contribution in [-0.4, -0.2) is 63.7 Å². The van der Waals surface area contributed by atoms with Crippen LogP contribution in [0.5, 0.6) is 0 Å². The highest BCUT2D eigenvalue weighted by Gasteiger charge is 2.25. The van der Waals surface area contributed by atoms with Gasteiger partial charge in [-0.2, -0.15) is 9.78 Å². The number of nitro benzene ring substituents is 1. The Morgan fingerprint density at radius 3 is 2.55 bits per heavy atom. The van der Waals surface area contributed by atoms with E-state index in [1.54, 1.807) is 25.1 Å². The number of likely N-dealkylation sites (N-methyl/N-ethyl adjacent to an activating group) is 1. The maximum absolute atomic E-state index is 13.0. The van der Waals surface area contributed by atoms with Crippen LogP contribution in [0.4, 0.5) is 17.2 Å². The molecule has 0 bridgehead atoms. The van der Waals surface area contributed by atoms with E-state index in [0.29, 0.717) is 41.1 Å². The van der Waals surface area contributed by atoms with Crippen molar-refractivity contribution in [2.24, 2.45) is 0 Å². The average molecular weight is 490 g/mol. The molecule has 1 N–H and O–H groups in total. The lowest BCUT2D eigenvalue weighted by Crippen LogP contribution is -2.44. The van der Waals surface area contributed by atoms with Crippen LogP contribution in [0, 0.1) is 17.0 Å². The Morgan fingerprint density at radius 2 is 1.88 bits per heavy atom. The van der Waals surface area contributed by atoms with E-state index in [1.807, 2.05) is 11.9 Å². The molecular weight excluding hydrogens is 469 g/mol. The molecule has 0 atom stereocenters. The molecule has 1 fully saturated rings. The molecule has 0 unspecified atom stereocenters. The number of aryl methyl sites for hydroxylation is 1. The van der Waals surface area contributed by atoms with Crippen molar-refractivity contribution in [3.63, 3.8) is 0 Å². The zero-order valence-electron chi connectivity index (χ0n) is 18.0. The number of nitro groups is 1. The first-order chi connectivity index (χ1) is 15.7. The van der Waals surface area contributed by atoms with Crippen LogP contribution in [-0.2, 0) is 0 Å². The number of aromatic nitrogens is 3. The van der Waals surface area contributed by atoms with Crippen LogP contribution in [0.15, 0.2) is 36.5 Å². The fourth-order valence-corrected chi connectivity index (χ4v) is 4.09. The minimum Gasteiger partial charge on any atom is -0.363 e. The molecule has 0 spiro atoms. The predicted molar refractivity (Wildman–Crippen MR) is 127 cm³/mol. The maximum atomic E-state index is 13.0. The number of carbonyl (C=O) groups excluding carboxylic acids is 1. The fourth-order valence-electron chi connectivity index (χ4n) is 3.63. The first-order valence-corrected chi connectivity index (χ1v) is 10.9. The molecule has 172 valence electrons. The molecule has 33 heavy (non-hydrogen) atoms. The Labute approximate surface area is 199 Å². The molecule has 2 aromatic heterocycles. The maximum Gasteiger partial charge on any atom is 0.293 e. The number of piperazine rings is 1. The lowest BCUT2D eigenvalue weighted by Gasteiger charge is -2.33. The minimum atomic E-state index is -0.519. The highest BCUT2D eigenvalue weighted by molar-refractivity contribution is 6.35. The lowest BCUT2D eigenvalue weighted by molar-refractivity contribution is -0.384. The van der Waals surface area contributed by atoms with Crippen molar-refractivity contribution in [1.29, 1.82) is 0 Å². The van der Waals surface area contributed by atoms with E-state index >= 15 is 0 Å². The summed E-state index contributed by atoms with van der Waals surface area (Å²) in [5.74, 6) is 0.0927. The number of amides is 1. The molecule has 0 radical (unpaired) electrons. The summed E-state index contributed by atoms with van der Waals surface area (Å²) in [6.07, 6.45) is 1.42. The van der Waals surface area contributed by atoms with Crippen molar-refractivity contribution in [1.82, 2.24) is 19.7 Å². The van der Waals surface area contributed by atoms with Gasteiger partial charge in [0.1, 0.15) is 11.5 Å². The number of nitrogens with one attached hydrogen (secondary N) is 1. The van der Waals surface area contributed by atoms with Gasteiger partial charge in [-0.05, 0) is 32.2 Å². The lowest BCUT2D eigenvalue weighted by atomic mass is 10.1. The second kappa shape index (κ2) is 9.34. The second-order valence-corrected chi connectivity index (χ2v) is 8.59. The number of benzene rings is 1. The summed E-state index contributed by atoms with van der Waals surface area (Å²) in [5, 5.41) is 19.5. The van der Waals surface area contributed by atoms with Gasteiger partial charge in [0.05, 0.1) is 20.7 Å². The third-order valence-corrected chi connectivity index (χ3v) is 5.83. The summed E-state index contributed by atoms with van der Waals surface area (Å²) in [7, 11) is 2.01. The number of pyridine rings is 1. The number of rotatable bonds is 5. The van der Waals surface area contributed by atoms with Gasteiger partial charge in [0, 0.05) is 50.1 Å². The van der Waals surface area contributed by atoms with E-state index in [9.17, 15) is 14.9 Å². The average Bonchev–Trinajstić information content (AvgIpc) is 3.13. The van der Waals surface area contributed by atoms with Crippen LogP contribution in [0.1, 0.15) is 16.1 Å². The van der Waals surface area contributed by atoms with Crippen LogP contribution in [0.3, 0.4) is 0 Å². The van der Waals surface area contributed by atoms with Crippen LogP contribution < -0.4 is 10.2 Å². The van der Waals surface area contributed by atoms with Gasteiger partial charge >= 0.3 is 0 Å². The molecule has 1 aromatic carbocycles. The number of carbonyl (C=O) groups is 1. The van der Waals surface area contributed by atoms with Gasteiger partial charge in [0.25, 0.3) is 11.6 Å². The number of nitrogens with zero attached hydrogens (tertiary/aromatic N) is 6. The van der Waals surface area contributed by atoms with Gasteiger partial charge in [0.2, 0.25) is 0 Å². The monoisotopic (exact) mass is 489 g/mol. The first-order valence-electron chi connectivity index (χ1n) is 10.1. The molecule has 0 aliphatic carbocycles. The van der Waals surface area contributed by atoms with Crippen molar-refractivity contribution in [3.05, 3.63) is 67.9 Å². The smallest absolute Gasteiger partial charge is 0.293 e. The molecule has 1 aliphatic rings. The standard InChI is InChI=1S/C21H21Cl2N7O3/c1-13-9-19(29(26-13)20-16(23)11-15(22)12-24-20)25-21(31)14-3-4-17(18(10-14)30(32)33)28-7-5-27(2)6-8-28/h3-4,9-12H,5-8H2,1-2H3,(H,25,31). The van der Waals surface area contributed by atoms with Crippen LogP contribution in [0.2, 0.25) is 10.0 Å². The molecule has 1 aliphatic heterocycles. The van der Waals surface area contributed by atoms with Crippen molar-refractivity contribution < 1.29 is 9.72 Å². The summed E-state index contributed by atoms with van der Waals surface area (Å²) in [5.41, 5.74) is 1.16. The quantitative estimate of drug-likeness (QED) is 0.428. The van der Waals surface area contributed by atoms with Gasteiger partial charge in [-0.25, -0.2) is 4.98 Å². The van der Waals surface area contributed by atoms with Gasteiger partial charge < -0.3 is 15.1 Å². The highest BCUT2D eigenvalue weighted by Crippen LogP contribution is 2.31. The van der Waals surface area contributed by atoms with E-state index in [-0.39, 0.29) is 16.3 Å². The largest absolute Gasteiger partial charge is 0.363 e. The van der Waals surface area contributed by atoms with Crippen molar-refractivity contribution in [3.8, 4) is 5.82 Å². The normalized spacial score (nSPS) is 14.4. The van der Waals surface area contributed by atoms with Gasteiger partial charge in [0.15, 0.2) is 5.82 Å². The third-order valence-electron chi connectivity index (χ3n) is 5.34. The molecule has 12 heteroatoms. The Bertz CT molecular complexity index is 1220. The Kier molecular flexibility index (Phi) is 6.50. The molecule has 3 aromatic rings. The number of hydrogen-bond donors (Lipinski definition) is 1. The minimum absolute atomic E-state index is 0.112. The summed E-state index contributed by atoms with van der Waals surface area (Å²) in [6.45, 7) is 4.73. The highest BCUT2D eigenvalue weighted by atomic mass is 35.5. The van der Waals surface area contributed by atoms with Crippen LogP contribution in [0.25, 0.3) is 5.82 Å². The molecular formula is C21H21Cl2N7O3. The van der Waals surface area contributed by atoms with Crippen molar-refractivity contribution in [2.45, 2.75) is 6.92 Å². The van der Waals surface area contributed by atoms with E-state index in [2.05, 4.69) is 20.3 Å². The van der Waals surface area contributed by atoms with E-state index < -0.39 is 10.8 Å². The van der Waals surface area contributed by atoms with E-state index in [4.69, 9.17) is 23.2 Å². The zero-order chi connectivity index (χ0) is 23.7. The number of anilines is 2. The van der Waals surface area contributed by atoms with Gasteiger partial charge in [-0.3, -0.25) is 14.9 Å². The third kappa shape index (κ3) is 4.92. The summed E-state index contributed by atoms with van der Waals surface area (Å²) < 4.78 is 1.39. The Morgan fingerprint density at radius 1 is 1.15 bits per heavy atom. The molecule has 0 saturated carbocycles. The molecule has 10 nitrogen and oxygen atoms in total. The zero-order valence-corrected chi connectivity index (χ0v) is 19.5. The van der Waals surface area contributed by atoms with Gasteiger partial charge in [-0.15, -0.1) is 0 Å². The van der Waals surface area contributed by atoms with Gasteiger partial charge in [-0.1, -0.05) is 23.2 Å². The van der Waals surface area contributed by atoms with E-state index in [1.165, 1.54) is 23.0 Å². The fraction of sp³-hybridized carbons (Fsp3) is 0.286. The second-order valence-electron chi connectivity index (χ2n) is 7.75. The summed E-state index contributed by atoms with van der Waals surface area (Å²) >= 11 is 12.2. The topological polar surface area (TPSA) is 109 Å². The number of halogens is 2. The predicted octanol–water partition coefficient (Wildman–Crippen LogP) is 3.79. The number of hydrogen-bond acceptors (Lipinski definition) is 7. The molecule has 3 heterocycles. The summed E-state index contributed by atoms with van der Waals surface area (Å²) in [6, 6.07) is 7.67. The first kappa shape index (κ1) is 23.0. The summed E-state index contributed by atoms with van der Waals surface area (Å²) in [4.78, 5) is 32.6. The van der Waals surface area contributed by atoms with Crippen LogP contribution >= 0.6 is 23.2 Å². The molecule has 1 amide bonds. The van der Waals surface area contributed by atoms with Crippen molar-refractivity contribution >= 4 is 46.3 Å². The van der Waals surface area contributed by atoms with E-state index in [0.717, 1.165) is 13.1 Å². The Hall–Kier alpha value is -3.21. The van der Waals surface area contributed by atoms with Crippen molar-refractivity contribution in [2.75, 3.05) is 43.4 Å². The molecule has 4 rings (SSSR count). The molecule has 1 saturated heterocycles.